The average molecular weight is 298 g/mol. The SMILES string of the molecule is Fc1ccc2ncc(-c3cncc(NC4CCNC4)n3)n2c1. The first-order valence-corrected chi connectivity index (χ1v) is 7.22. The normalized spacial score (nSPS) is 18.0. The van der Waals surface area contributed by atoms with Gasteiger partial charge in [-0.15, -0.1) is 0 Å². The molecule has 1 unspecified atom stereocenters. The van der Waals surface area contributed by atoms with Crippen molar-refractivity contribution in [2.24, 2.45) is 0 Å². The fraction of sp³-hybridized carbons (Fsp3) is 0.267. The lowest BCUT2D eigenvalue weighted by molar-refractivity contribution is 0.619. The molecule has 2 N–H and O–H groups in total. The van der Waals surface area contributed by atoms with E-state index in [1.165, 1.54) is 12.3 Å². The number of pyridine rings is 1. The van der Waals surface area contributed by atoms with E-state index in [2.05, 4.69) is 25.6 Å². The highest BCUT2D eigenvalue weighted by molar-refractivity contribution is 5.60. The average Bonchev–Trinajstić information content (AvgIpc) is 3.16. The van der Waals surface area contributed by atoms with Crippen molar-refractivity contribution in [2.45, 2.75) is 12.5 Å². The fourth-order valence-corrected chi connectivity index (χ4v) is 2.69. The lowest BCUT2D eigenvalue weighted by Crippen LogP contribution is -2.22. The number of aromatic nitrogens is 4. The van der Waals surface area contributed by atoms with Gasteiger partial charge in [-0.05, 0) is 25.1 Å². The molecule has 0 spiro atoms. The van der Waals surface area contributed by atoms with Gasteiger partial charge in [0.15, 0.2) is 0 Å². The number of fused-ring (bicyclic) bond motifs is 1. The third-order valence-electron chi connectivity index (χ3n) is 3.78. The zero-order valence-electron chi connectivity index (χ0n) is 11.8. The number of imidazole rings is 1. The van der Waals surface area contributed by atoms with Gasteiger partial charge >= 0.3 is 0 Å². The van der Waals surface area contributed by atoms with E-state index in [-0.39, 0.29) is 5.82 Å². The largest absolute Gasteiger partial charge is 0.365 e. The molecule has 1 atom stereocenters. The Balaban J connectivity index is 1.70. The van der Waals surface area contributed by atoms with Crippen molar-refractivity contribution in [3.05, 3.63) is 42.7 Å². The summed E-state index contributed by atoms with van der Waals surface area (Å²) in [5.41, 5.74) is 2.06. The Hall–Kier alpha value is -2.54. The van der Waals surface area contributed by atoms with Gasteiger partial charge < -0.3 is 10.6 Å². The van der Waals surface area contributed by atoms with E-state index in [0.717, 1.165) is 31.0 Å². The van der Waals surface area contributed by atoms with Crippen molar-refractivity contribution in [3.8, 4) is 11.4 Å². The molecule has 0 saturated carbocycles. The molecule has 1 aliphatic rings. The first-order valence-electron chi connectivity index (χ1n) is 7.22. The van der Waals surface area contributed by atoms with E-state index in [9.17, 15) is 4.39 Å². The number of halogens is 1. The first-order chi connectivity index (χ1) is 10.8. The monoisotopic (exact) mass is 298 g/mol. The van der Waals surface area contributed by atoms with Crippen LogP contribution in [-0.4, -0.2) is 38.5 Å². The molecular weight excluding hydrogens is 283 g/mol. The summed E-state index contributed by atoms with van der Waals surface area (Å²) in [7, 11) is 0. The summed E-state index contributed by atoms with van der Waals surface area (Å²) in [6, 6.07) is 3.39. The summed E-state index contributed by atoms with van der Waals surface area (Å²) in [5.74, 6) is 0.406. The smallest absolute Gasteiger partial charge is 0.145 e. The van der Waals surface area contributed by atoms with Gasteiger partial charge in [0.1, 0.15) is 23.0 Å². The minimum Gasteiger partial charge on any atom is -0.365 e. The predicted octanol–water partition coefficient (Wildman–Crippen LogP) is 1.70. The predicted molar refractivity (Wildman–Crippen MR) is 81.1 cm³/mol. The first kappa shape index (κ1) is 13.1. The molecule has 3 aromatic heterocycles. The lowest BCUT2D eigenvalue weighted by Gasteiger charge is -2.12. The number of nitrogens with zero attached hydrogens (tertiary/aromatic N) is 4. The van der Waals surface area contributed by atoms with Gasteiger partial charge in [0.05, 0.1) is 24.3 Å². The number of rotatable bonds is 3. The standard InChI is InChI=1S/C15H15FN6/c16-10-1-2-15-19-7-13(22(15)9-10)12-6-18-8-14(21-12)20-11-3-4-17-5-11/h1-2,6-9,11,17H,3-5H2,(H,20,21). The van der Waals surface area contributed by atoms with Crippen molar-refractivity contribution >= 4 is 11.5 Å². The number of nitrogens with one attached hydrogen (secondary N) is 2. The van der Waals surface area contributed by atoms with E-state index in [0.29, 0.717) is 17.4 Å². The van der Waals surface area contributed by atoms with E-state index in [1.54, 1.807) is 29.1 Å². The summed E-state index contributed by atoms with van der Waals surface area (Å²) in [4.78, 5) is 13.1. The third-order valence-corrected chi connectivity index (χ3v) is 3.78. The second-order valence-electron chi connectivity index (χ2n) is 5.34. The maximum atomic E-state index is 13.5. The van der Waals surface area contributed by atoms with Crippen LogP contribution < -0.4 is 10.6 Å². The molecule has 1 saturated heterocycles. The lowest BCUT2D eigenvalue weighted by atomic mass is 10.2. The van der Waals surface area contributed by atoms with Crippen LogP contribution in [0.2, 0.25) is 0 Å². The molecule has 0 amide bonds. The van der Waals surface area contributed by atoms with Gasteiger partial charge in [-0.3, -0.25) is 9.38 Å². The molecule has 0 radical (unpaired) electrons. The van der Waals surface area contributed by atoms with Crippen LogP contribution in [0, 0.1) is 5.82 Å². The van der Waals surface area contributed by atoms with Crippen LogP contribution in [0.5, 0.6) is 0 Å². The Kier molecular flexibility index (Phi) is 3.19. The van der Waals surface area contributed by atoms with Gasteiger partial charge in [-0.1, -0.05) is 0 Å². The van der Waals surface area contributed by atoms with E-state index < -0.39 is 0 Å². The van der Waals surface area contributed by atoms with Crippen LogP contribution in [0.15, 0.2) is 36.9 Å². The van der Waals surface area contributed by atoms with Crippen molar-refractivity contribution in [1.29, 1.82) is 0 Å². The number of anilines is 1. The third kappa shape index (κ3) is 2.39. The molecule has 1 fully saturated rings. The maximum absolute atomic E-state index is 13.5. The maximum Gasteiger partial charge on any atom is 0.145 e. The summed E-state index contributed by atoms with van der Waals surface area (Å²) in [6.45, 7) is 1.93. The molecule has 4 rings (SSSR count). The fourth-order valence-electron chi connectivity index (χ4n) is 2.69. The van der Waals surface area contributed by atoms with Crippen molar-refractivity contribution < 1.29 is 4.39 Å². The van der Waals surface area contributed by atoms with Crippen molar-refractivity contribution in [1.82, 2.24) is 24.7 Å². The van der Waals surface area contributed by atoms with E-state index in [1.807, 2.05) is 0 Å². The Morgan fingerprint density at radius 1 is 1.27 bits per heavy atom. The van der Waals surface area contributed by atoms with E-state index >= 15 is 0 Å². The van der Waals surface area contributed by atoms with Crippen LogP contribution >= 0.6 is 0 Å². The molecule has 3 aromatic rings. The highest BCUT2D eigenvalue weighted by atomic mass is 19.1. The minimum atomic E-state index is -0.314. The van der Waals surface area contributed by atoms with Gasteiger partial charge in [-0.2, -0.15) is 0 Å². The highest BCUT2D eigenvalue weighted by Gasteiger charge is 2.15. The van der Waals surface area contributed by atoms with Gasteiger partial charge in [0.2, 0.25) is 0 Å². The molecule has 4 heterocycles. The Bertz CT molecular complexity index is 809. The molecule has 22 heavy (non-hydrogen) atoms. The Morgan fingerprint density at radius 2 is 2.23 bits per heavy atom. The van der Waals surface area contributed by atoms with Crippen LogP contribution in [0.3, 0.4) is 0 Å². The van der Waals surface area contributed by atoms with Crippen LogP contribution in [-0.2, 0) is 0 Å². The van der Waals surface area contributed by atoms with Crippen molar-refractivity contribution in [2.75, 3.05) is 18.4 Å². The Morgan fingerprint density at radius 3 is 3.09 bits per heavy atom. The van der Waals surface area contributed by atoms with Crippen LogP contribution in [0.4, 0.5) is 10.2 Å². The quantitative estimate of drug-likeness (QED) is 0.770. The zero-order chi connectivity index (χ0) is 14.9. The molecule has 0 bridgehead atoms. The second kappa shape index (κ2) is 5.34. The Labute approximate surface area is 126 Å². The van der Waals surface area contributed by atoms with Crippen LogP contribution in [0.25, 0.3) is 17.0 Å². The molecule has 0 aromatic carbocycles. The summed E-state index contributed by atoms with van der Waals surface area (Å²) < 4.78 is 15.1. The molecule has 0 aliphatic carbocycles. The second-order valence-corrected chi connectivity index (χ2v) is 5.34. The molecule has 6 nitrogen and oxygen atoms in total. The summed E-state index contributed by atoms with van der Waals surface area (Å²) in [5, 5.41) is 6.66. The molecule has 1 aliphatic heterocycles. The van der Waals surface area contributed by atoms with Gasteiger partial charge in [-0.25, -0.2) is 14.4 Å². The summed E-state index contributed by atoms with van der Waals surface area (Å²) in [6.07, 6.45) is 7.50. The van der Waals surface area contributed by atoms with Crippen molar-refractivity contribution in [3.63, 3.8) is 0 Å². The molecule has 7 heteroatoms. The topological polar surface area (TPSA) is 67.1 Å². The van der Waals surface area contributed by atoms with Crippen LogP contribution in [0.1, 0.15) is 6.42 Å². The highest BCUT2D eigenvalue weighted by Crippen LogP contribution is 2.20. The minimum absolute atomic E-state index is 0.314. The molecule has 112 valence electrons. The van der Waals surface area contributed by atoms with Gasteiger partial charge in [0, 0.05) is 18.8 Å². The summed E-state index contributed by atoms with van der Waals surface area (Å²) >= 11 is 0. The molecular formula is C15H15FN6. The van der Waals surface area contributed by atoms with Gasteiger partial charge in [0.25, 0.3) is 0 Å². The zero-order valence-corrected chi connectivity index (χ0v) is 11.8. The number of hydrogen-bond donors (Lipinski definition) is 2. The van der Waals surface area contributed by atoms with E-state index in [4.69, 9.17) is 0 Å². The number of hydrogen-bond acceptors (Lipinski definition) is 5.